The summed E-state index contributed by atoms with van der Waals surface area (Å²) in [7, 11) is 0.440. The molecular formula is C28H32N2O6S. The lowest BCUT2D eigenvalue weighted by Crippen LogP contribution is -2.42. The standard InChI is InChI=1S/C28H32N2O6S/c1-19-8-10-21(11-9-19)30(37(32,33)23-13-15-26(35-3)27(17-23)36-4)18-28(31)29-25-7-5-6-20-16-22(34-2)12-14-24(20)25/h8-17,25H,5-7,18H2,1-4H3,(H,29,31). The van der Waals surface area contributed by atoms with Gasteiger partial charge < -0.3 is 19.5 Å². The molecule has 196 valence electrons. The Hall–Kier alpha value is -3.72. The topological polar surface area (TPSA) is 94.2 Å². The number of ether oxygens (including phenoxy) is 3. The quantitative estimate of drug-likeness (QED) is 0.446. The second kappa shape index (κ2) is 11.1. The van der Waals surface area contributed by atoms with Crippen molar-refractivity contribution < 1.29 is 27.4 Å². The first-order valence-corrected chi connectivity index (χ1v) is 13.5. The molecule has 0 spiro atoms. The van der Waals surface area contributed by atoms with E-state index in [1.807, 2.05) is 37.3 Å². The molecule has 8 nitrogen and oxygen atoms in total. The van der Waals surface area contributed by atoms with Crippen molar-refractivity contribution in [3.8, 4) is 17.2 Å². The first-order chi connectivity index (χ1) is 17.8. The molecule has 0 saturated heterocycles. The second-order valence-electron chi connectivity index (χ2n) is 8.94. The summed E-state index contributed by atoms with van der Waals surface area (Å²) in [6.07, 6.45) is 2.59. The molecule has 9 heteroatoms. The van der Waals surface area contributed by atoms with Crippen molar-refractivity contribution in [3.63, 3.8) is 0 Å². The third kappa shape index (κ3) is 5.67. The molecule has 1 atom stereocenters. The number of hydrogen-bond donors (Lipinski definition) is 1. The number of hydrogen-bond acceptors (Lipinski definition) is 6. The first-order valence-electron chi connectivity index (χ1n) is 12.0. The molecule has 0 heterocycles. The highest BCUT2D eigenvalue weighted by atomic mass is 32.2. The maximum atomic E-state index is 13.8. The predicted molar refractivity (Wildman–Crippen MR) is 142 cm³/mol. The number of sulfonamides is 1. The highest BCUT2D eigenvalue weighted by Crippen LogP contribution is 2.34. The van der Waals surface area contributed by atoms with Gasteiger partial charge in [0.2, 0.25) is 5.91 Å². The number of fused-ring (bicyclic) bond motifs is 1. The van der Waals surface area contributed by atoms with Gasteiger partial charge in [-0.1, -0.05) is 23.8 Å². The van der Waals surface area contributed by atoms with Crippen LogP contribution in [0.15, 0.2) is 65.6 Å². The molecule has 37 heavy (non-hydrogen) atoms. The Bertz CT molecular complexity index is 1370. The lowest BCUT2D eigenvalue weighted by atomic mass is 9.87. The molecule has 1 aliphatic rings. The predicted octanol–water partition coefficient (Wildman–Crippen LogP) is 4.41. The Kier molecular flexibility index (Phi) is 7.92. The van der Waals surface area contributed by atoms with Gasteiger partial charge >= 0.3 is 0 Å². The molecule has 0 aliphatic heterocycles. The molecule has 1 N–H and O–H groups in total. The van der Waals surface area contributed by atoms with Crippen LogP contribution in [-0.4, -0.2) is 42.2 Å². The van der Waals surface area contributed by atoms with Crippen LogP contribution in [-0.2, 0) is 21.2 Å². The molecule has 1 aliphatic carbocycles. The lowest BCUT2D eigenvalue weighted by molar-refractivity contribution is -0.120. The van der Waals surface area contributed by atoms with Gasteiger partial charge in [-0.15, -0.1) is 0 Å². The number of nitrogens with one attached hydrogen (secondary N) is 1. The van der Waals surface area contributed by atoms with Crippen molar-refractivity contribution in [1.29, 1.82) is 0 Å². The van der Waals surface area contributed by atoms with Crippen LogP contribution in [0.3, 0.4) is 0 Å². The van der Waals surface area contributed by atoms with Gasteiger partial charge in [0.1, 0.15) is 12.3 Å². The normalized spacial score (nSPS) is 14.9. The van der Waals surface area contributed by atoms with Crippen molar-refractivity contribution in [3.05, 3.63) is 77.4 Å². The second-order valence-corrected chi connectivity index (χ2v) is 10.8. The molecular weight excluding hydrogens is 492 g/mol. The zero-order valence-electron chi connectivity index (χ0n) is 21.5. The number of amides is 1. The van der Waals surface area contributed by atoms with Crippen LogP contribution in [0.2, 0.25) is 0 Å². The monoisotopic (exact) mass is 524 g/mol. The van der Waals surface area contributed by atoms with Gasteiger partial charge in [-0.3, -0.25) is 9.10 Å². The van der Waals surface area contributed by atoms with E-state index >= 15 is 0 Å². The first kappa shape index (κ1) is 26.3. The Balaban J connectivity index is 1.64. The highest BCUT2D eigenvalue weighted by Gasteiger charge is 2.30. The van der Waals surface area contributed by atoms with Gasteiger partial charge in [0.25, 0.3) is 10.0 Å². The summed E-state index contributed by atoms with van der Waals surface area (Å²) in [5.41, 5.74) is 3.53. The van der Waals surface area contributed by atoms with E-state index < -0.39 is 15.9 Å². The number of carbonyl (C=O) groups excluding carboxylic acids is 1. The van der Waals surface area contributed by atoms with Crippen LogP contribution >= 0.6 is 0 Å². The Morgan fingerprint density at radius 3 is 2.35 bits per heavy atom. The van der Waals surface area contributed by atoms with Crippen molar-refractivity contribution >= 4 is 21.6 Å². The van der Waals surface area contributed by atoms with E-state index in [9.17, 15) is 13.2 Å². The van der Waals surface area contributed by atoms with E-state index in [4.69, 9.17) is 14.2 Å². The van der Waals surface area contributed by atoms with E-state index in [0.29, 0.717) is 11.4 Å². The smallest absolute Gasteiger partial charge is 0.264 e. The summed E-state index contributed by atoms with van der Waals surface area (Å²) in [5, 5.41) is 3.06. The Morgan fingerprint density at radius 1 is 0.946 bits per heavy atom. The Labute approximate surface area is 218 Å². The number of benzene rings is 3. The number of carbonyl (C=O) groups is 1. The minimum Gasteiger partial charge on any atom is -0.497 e. The zero-order valence-corrected chi connectivity index (χ0v) is 22.3. The third-order valence-electron chi connectivity index (χ3n) is 6.55. The fraction of sp³-hybridized carbons (Fsp3) is 0.321. The van der Waals surface area contributed by atoms with Crippen molar-refractivity contribution in [2.75, 3.05) is 32.2 Å². The van der Waals surface area contributed by atoms with E-state index in [2.05, 4.69) is 5.32 Å². The fourth-order valence-electron chi connectivity index (χ4n) is 4.57. The number of aryl methyl sites for hydroxylation is 2. The van der Waals surface area contributed by atoms with Crippen molar-refractivity contribution in [2.24, 2.45) is 0 Å². The molecule has 0 bridgehead atoms. The molecule has 0 aromatic heterocycles. The minimum absolute atomic E-state index is 0.00590. The van der Waals surface area contributed by atoms with E-state index in [1.54, 1.807) is 19.2 Å². The van der Waals surface area contributed by atoms with E-state index in [0.717, 1.165) is 46.0 Å². The molecule has 0 fully saturated rings. The highest BCUT2D eigenvalue weighted by molar-refractivity contribution is 7.92. The van der Waals surface area contributed by atoms with Gasteiger partial charge in [-0.2, -0.15) is 0 Å². The van der Waals surface area contributed by atoms with Gasteiger partial charge in [0.15, 0.2) is 11.5 Å². The average Bonchev–Trinajstić information content (AvgIpc) is 2.91. The molecule has 0 saturated carbocycles. The summed E-state index contributed by atoms with van der Waals surface area (Å²) >= 11 is 0. The van der Waals surface area contributed by atoms with Gasteiger partial charge in [-0.25, -0.2) is 8.42 Å². The molecule has 3 aromatic rings. The number of methoxy groups -OCH3 is 3. The van der Waals surface area contributed by atoms with Gasteiger partial charge in [-0.05, 0) is 73.7 Å². The van der Waals surface area contributed by atoms with Crippen molar-refractivity contribution in [2.45, 2.75) is 37.1 Å². The third-order valence-corrected chi connectivity index (χ3v) is 8.32. The van der Waals surface area contributed by atoms with Gasteiger partial charge in [0.05, 0.1) is 38.0 Å². The van der Waals surface area contributed by atoms with Crippen LogP contribution in [0.1, 0.15) is 35.6 Å². The van der Waals surface area contributed by atoms with Crippen LogP contribution in [0.25, 0.3) is 0 Å². The van der Waals surface area contributed by atoms with Crippen LogP contribution in [0.5, 0.6) is 17.2 Å². The number of rotatable bonds is 9. The largest absolute Gasteiger partial charge is 0.497 e. The summed E-state index contributed by atoms with van der Waals surface area (Å²) in [6.45, 7) is 1.54. The van der Waals surface area contributed by atoms with Crippen LogP contribution < -0.4 is 23.8 Å². The SMILES string of the molecule is COc1ccc2c(c1)CCCC2NC(=O)CN(c1ccc(C)cc1)S(=O)(=O)c1ccc(OC)c(OC)c1. The van der Waals surface area contributed by atoms with Crippen LogP contribution in [0.4, 0.5) is 5.69 Å². The Morgan fingerprint density at radius 2 is 1.68 bits per heavy atom. The van der Waals surface area contributed by atoms with Crippen LogP contribution in [0, 0.1) is 6.92 Å². The molecule has 1 amide bonds. The minimum atomic E-state index is -4.11. The maximum Gasteiger partial charge on any atom is 0.264 e. The summed E-state index contributed by atoms with van der Waals surface area (Å²) in [5.74, 6) is 1.08. The number of anilines is 1. The maximum absolute atomic E-state index is 13.8. The molecule has 3 aromatic carbocycles. The number of nitrogens with zero attached hydrogens (tertiary/aromatic N) is 1. The lowest BCUT2D eigenvalue weighted by Gasteiger charge is -2.29. The van der Waals surface area contributed by atoms with Gasteiger partial charge in [0, 0.05) is 6.07 Å². The summed E-state index contributed by atoms with van der Waals surface area (Å²) in [6, 6.07) is 17.0. The average molecular weight is 525 g/mol. The fourth-order valence-corrected chi connectivity index (χ4v) is 6.01. The van der Waals surface area contributed by atoms with E-state index in [1.165, 1.54) is 32.4 Å². The van der Waals surface area contributed by atoms with E-state index in [-0.39, 0.29) is 23.2 Å². The zero-order chi connectivity index (χ0) is 26.6. The van der Waals surface area contributed by atoms with Crippen molar-refractivity contribution in [1.82, 2.24) is 5.32 Å². The molecule has 4 rings (SSSR count). The summed E-state index contributed by atoms with van der Waals surface area (Å²) in [4.78, 5) is 13.3. The summed E-state index contributed by atoms with van der Waals surface area (Å²) < 4.78 is 44.7. The molecule has 0 radical (unpaired) electrons. The molecule has 1 unspecified atom stereocenters.